The monoisotopic (exact) mass is 350 g/mol. The number of aliphatic imine (C=N–C) groups is 1. The van der Waals surface area contributed by atoms with E-state index in [4.69, 9.17) is 4.52 Å². The maximum atomic E-state index is 5.13. The molecule has 25 heavy (non-hydrogen) atoms. The van der Waals surface area contributed by atoms with Crippen molar-refractivity contribution in [2.24, 2.45) is 10.9 Å². The lowest BCUT2D eigenvalue weighted by Crippen LogP contribution is -2.50. The molecule has 0 bridgehead atoms. The highest BCUT2D eigenvalue weighted by atomic mass is 16.5. The number of nitrogens with one attached hydrogen (secondary N) is 2. The Morgan fingerprint density at radius 1 is 1.20 bits per heavy atom. The average molecular weight is 351 g/mol. The van der Waals surface area contributed by atoms with Crippen molar-refractivity contribution in [2.45, 2.75) is 58.9 Å². The van der Waals surface area contributed by atoms with E-state index in [1.165, 1.54) is 38.8 Å². The summed E-state index contributed by atoms with van der Waals surface area (Å²) in [5, 5.41) is 10.6. The van der Waals surface area contributed by atoms with Crippen LogP contribution in [0.3, 0.4) is 0 Å². The van der Waals surface area contributed by atoms with Crippen LogP contribution in [0, 0.1) is 12.8 Å². The van der Waals surface area contributed by atoms with Crippen LogP contribution in [0.25, 0.3) is 0 Å². The zero-order valence-electron chi connectivity index (χ0n) is 16.2. The van der Waals surface area contributed by atoms with Crippen LogP contribution in [0.1, 0.15) is 51.2 Å². The molecule has 1 aliphatic heterocycles. The van der Waals surface area contributed by atoms with Gasteiger partial charge in [-0.05, 0) is 38.8 Å². The third kappa shape index (κ3) is 6.65. The summed E-state index contributed by atoms with van der Waals surface area (Å²) in [6.45, 7) is 10.5. The van der Waals surface area contributed by atoms with Gasteiger partial charge < -0.3 is 15.2 Å². The minimum Gasteiger partial charge on any atom is -0.356 e. The zero-order chi connectivity index (χ0) is 18.1. The van der Waals surface area contributed by atoms with Gasteiger partial charge in [-0.15, -0.1) is 0 Å². The molecule has 1 aromatic heterocycles. The summed E-state index contributed by atoms with van der Waals surface area (Å²) < 4.78 is 5.13. The second-order valence-electron chi connectivity index (χ2n) is 7.13. The maximum Gasteiger partial charge on any atom is 0.228 e. The lowest BCUT2D eigenvalue weighted by molar-refractivity contribution is 0.161. The van der Waals surface area contributed by atoms with Crippen LogP contribution in [0.5, 0.6) is 0 Å². The molecular weight excluding hydrogens is 316 g/mol. The molecule has 0 amide bonds. The van der Waals surface area contributed by atoms with Gasteiger partial charge in [-0.2, -0.15) is 4.98 Å². The molecule has 1 unspecified atom stereocenters. The first-order valence-electron chi connectivity index (χ1n) is 9.58. The minimum atomic E-state index is 0.537. The molecule has 2 rings (SSSR count). The lowest BCUT2D eigenvalue weighted by Gasteiger charge is -2.34. The molecule has 1 saturated heterocycles. The summed E-state index contributed by atoms with van der Waals surface area (Å²) in [5.41, 5.74) is 0. The number of hydrogen-bond donors (Lipinski definition) is 2. The summed E-state index contributed by atoms with van der Waals surface area (Å²) >= 11 is 0. The SMILES string of the molecule is CN=C(NCCc1nc(C)no1)NCC(C(C)C)N1CCCCCC1. The van der Waals surface area contributed by atoms with Gasteiger partial charge in [-0.3, -0.25) is 9.89 Å². The number of aromatic nitrogens is 2. The van der Waals surface area contributed by atoms with Gasteiger partial charge in [0.05, 0.1) is 0 Å². The van der Waals surface area contributed by atoms with Crippen LogP contribution >= 0.6 is 0 Å². The van der Waals surface area contributed by atoms with Gasteiger partial charge in [0, 0.05) is 32.6 Å². The molecule has 2 N–H and O–H groups in total. The Labute approximate surface area is 151 Å². The maximum absolute atomic E-state index is 5.13. The highest BCUT2D eigenvalue weighted by molar-refractivity contribution is 5.79. The van der Waals surface area contributed by atoms with Gasteiger partial charge in [0.25, 0.3) is 0 Å². The first-order valence-corrected chi connectivity index (χ1v) is 9.58. The van der Waals surface area contributed by atoms with Crippen molar-refractivity contribution in [1.29, 1.82) is 0 Å². The van der Waals surface area contributed by atoms with E-state index in [1.807, 2.05) is 14.0 Å². The standard InChI is InChI=1S/C18H34N6O/c1-14(2)16(24-11-7-5-6-8-12-24)13-21-18(19-4)20-10-9-17-22-15(3)23-25-17/h14,16H,5-13H2,1-4H3,(H2,19,20,21). The quantitative estimate of drug-likeness (QED) is 0.578. The predicted molar refractivity (Wildman–Crippen MR) is 101 cm³/mol. The third-order valence-corrected chi connectivity index (χ3v) is 4.78. The highest BCUT2D eigenvalue weighted by Gasteiger charge is 2.22. The van der Waals surface area contributed by atoms with E-state index >= 15 is 0 Å². The molecule has 1 atom stereocenters. The summed E-state index contributed by atoms with van der Waals surface area (Å²) in [7, 11) is 1.81. The van der Waals surface area contributed by atoms with E-state index in [9.17, 15) is 0 Å². The lowest BCUT2D eigenvalue weighted by atomic mass is 10.0. The van der Waals surface area contributed by atoms with E-state index in [-0.39, 0.29) is 0 Å². The second-order valence-corrected chi connectivity index (χ2v) is 7.13. The molecule has 1 fully saturated rings. The minimum absolute atomic E-state index is 0.537. The molecule has 0 aromatic carbocycles. The molecule has 7 heteroatoms. The zero-order valence-corrected chi connectivity index (χ0v) is 16.2. The topological polar surface area (TPSA) is 78.6 Å². The van der Waals surface area contributed by atoms with Crippen molar-refractivity contribution in [3.8, 4) is 0 Å². The third-order valence-electron chi connectivity index (χ3n) is 4.78. The van der Waals surface area contributed by atoms with Crippen molar-refractivity contribution in [2.75, 3.05) is 33.2 Å². The van der Waals surface area contributed by atoms with Crippen molar-refractivity contribution < 1.29 is 4.52 Å². The molecule has 0 aliphatic carbocycles. The Morgan fingerprint density at radius 2 is 1.92 bits per heavy atom. The smallest absolute Gasteiger partial charge is 0.228 e. The number of aryl methyl sites for hydroxylation is 1. The Morgan fingerprint density at radius 3 is 2.48 bits per heavy atom. The summed E-state index contributed by atoms with van der Waals surface area (Å²) in [5.74, 6) is 2.78. The van der Waals surface area contributed by atoms with Crippen LogP contribution < -0.4 is 10.6 Å². The Bertz CT molecular complexity index is 519. The van der Waals surface area contributed by atoms with Crippen molar-refractivity contribution in [3.05, 3.63) is 11.7 Å². The summed E-state index contributed by atoms with van der Waals surface area (Å²) in [4.78, 5) is 11.2. The van der Waals surface area contributed by atoms with Crippen LogP contribution in [-0.4, -0.2) is 60.3 Å². The number of likely N-dealkylation sites (tertiary alicyclic amines) is 1. The van der Waals surface area contributed by atoms with Gasteiger partial charge in [0.15, 0.2) is 11.8 Å². The van der Waals surface area contributed by atoms with E-state index in [2.05, 4.69) is 44.5 Å². The average Bonchev–Trinajstić information content (AvgIpc) is 2.84. The first-order chi connectivity index (χ1) is 12.1. The molecule has 0 radical (unpaired) electrons. The van der Waals surface area contributed by atoms with E-state index in [1.54, 1.807) is 0 Å². The Kier molecular flexibility index (Phi) is 8.18. The van der Waals surface area contributed by atoms with Gasteiger partial charge in [0.1, 0.15) is 0 Å². The number of rotatable bonds is 7. The van der Waals surface area contributed by atoms with Gasteiger partial charge in [-0.1, -0.05) is 31.8 Å². The number of hydrogen-bond acceptors (Lipinski definition) is 5. The molecular formula is C18H34N6O. The van der Waals surface area contributed by atoms with Gasteiger partial charge in [-0.25, -0.2) is 0 Å². The Balaban J connectivity index is 1.78. The number of nitrogens with zero attached hydrogens (tertiary/aromatic N) is 4. The van der Waals surface area contributed by atoms with Crippen LogP contribution in [-0.2, 0) is 6.42 Å². The van der Waals surface area contributed by atoms with E-state index in [0.717, 1.165) is 19.0 Å². The van der Waals surface area contributed by atoms with Crippen molar-refractivity contribution in [3.63, 3.8) is 0 Å². The fourth-order valence-electron chi connectivity index (χ4n) is 3.36. The molecule has 0 saturated carbocycles. The fourth-order valence-corrected chi connectivity index (χ4v) is 3.36. The van der Waals surface area contributed by atoms with Crippen LogP contribution in [0.4, 0.5) is 0 Å². The summed E-state index contributed by atoms with van der Waals surface area (Å²) in [6.07, 6.45) is 6.07. The van der Waals surface area contributed by atoms with Crippen LogP contribution in [0.2, 0.25) is 0 Å². The molecule has 1 aromatic rings. The van der Waals surface area contributed by atoms with Crippen LogP contribution in [0.15, 0.2) is 9.52 Å². The summed E-state index contributed by atoms with van der Waals surface area (Å²) in [6, 6.07) is 0.537. The van der Waals surface area contributed by atoms with E-state index in [0.29, 0.717) is 30.1 Å². The molecule has 2 heterocycles. The van der Waals surface area contributed by atoms with E-state index < -0.39 is 0 Å². The highest BCUT2D eigenvalue weighted by Crippen LogP contribution is 2.17. The Hall–Kier alpha value is -1.63. The molecule has 1 aliphatic rings. The van der Waals surface area contributed by atoms with Gasteiger partial charge in [0.2, 0.25) is 5.89 Å². The fraction of sp³-hybridized carbons (Fsp3) is 0.833. The van der Waals surface area contributed by atoms with Crippen molar-refractivity contribution in [1.82, 2.24) is 25.7 Å². The molecule has 142 valence electrons. The molecule has 0 spiro atoms. The molecule has 7 nitrogen and oxygen atoms in total. The largest absolute Gasteiger partial charge is 0.356 e. The normalized spacial score (nSPS) is 18.2. The second kappa shape index (κ2) is 10.4. The number of guanidine groups is 1. The van der Waals surface area contributed by atoms with Gasteiger partial charge >= 0.3 is 0 Å². The van der Waals surface area contributed by atoms with Crippen molar-refractivity contribution >= 4 is 5.96 Å². The first kappa shape index (κ1) is 19.7. The predicted octanol–water partition coefficient (Wildman–Crippen LogP) is 1.99.